The molecule has 0 atom stereocenters. The summed E-state index contributed by atoms with van der Waals surface area (Å²) in [7, 11) is 2.16. The van der Waals surface area contributed by atoms with Crippen molar-refractivity contribution in [3.05, 3.63) is 29.8 Å². The zero-order chi connectivity index (χ0) is 17.9. The van der Waals surface area contributed by atoms with Gasteiger partial charge in [0.1, 0.15) is 12.4 Å². The number of piperazine rings is 1. The highest BCUT2D eigenvalue weighted by Crippen LogP contribution is 2.17. The number of hydrogen-bond acceptors (Lipinski definition) is 6. The van der Waals surface area contributed by atoms with E-state index in [4.69, 9.17) is 24.5 Å². The Balaban J connectivity index is 0.000000413. The molecule has 0 amide bonds. The number of aliphatic carboxylic acids is 2. The molecular weight excluding hydrogens is 316 g/mol. The fourth-order valence-corrected chi connectivity index (χ4v) is 2.13. The summed E-state index contributed by atoms with van der Waals surface area (Å²) in [5.41, 5.74) is 0.857. The van der Waals surface area contributed by atoms with Gasteiger partial charge in [0.2, 0.25) is 0 Å². The number of rotatable bonds is 5. The number of hydrogen-bond donors (Lipinski definition) is 3. The smallest absolute Gasteiger partial charge is 0.414 e. The van der Waals surface area contributed by atoms with Crippen molar-refractivity contribution in [2.75, 3.05) is 46.4 Å². The van der Waals surface area contributed by atoms with Gasteiger partial charge in [-0.3, -0.25) is 4.90 Å². The van der Waals surface area contributed by atoms with Gasteiger partial charge in [-0.25, -0.2) is 9.59 Å². The van der Waals surface area contributed by atoms with E-state index in [2.05, 4.69) is 16.8 Å². The summed E-state index contributed by atoms with van der Waals surface area (Å²) in [5.74, 6) is -2.85. The number of nitrogens with zero attached hydrogens (tertiary/aromatic N) is 2. The molecule has 1 aromatic carbocycles. The number of carboxylic acids is 2. The predicted molar refractivity (Wildman–Crippen MR) is 87.1 cm³/mol. The molecule has 1 saturated heterocycles. The molecule has 0 aliphatic carbocycles. The molecule has 8 nitrogen and oxygen atoms in total. The van der Waals surface area contributed by atoms with Crippen molar-refractivity contribution in [3.63, 3.8) is 0 Å². The molecule has 24 heavy (non-hydrogen) atoms. The van der Waals surface area contributed by atoms with Gasteiger partial charge in [-0.15, -0.1) is 0 Å². The Bertz CT molecular complexity index is 517. The van der Waals surface area contributed by atoms with Crippen molar-refractivity contribution < 1.29 is 29.6 Å². The number of benzene rings is 1. The van der Waals surface area contributed by atoms with E-state index in [1.54, 1.807) is 0 Å². The first-order valence-electron chi connectivity index (χ1n) is 7.62. The van der Waals surface area contributed by atoms with Crippen LogP contribution < -0.4 is 4.74 Å². The number of likely N-dealkylation sites (N-methyl/N-ethyl adjacent to an activating group) is 1. The van der Waals surface area contributed by atoms with Crippen molar-refractivity contribution in [3.8, 4) is 5.75 Å². The van der Waals surface area contributed by atoms with E-state index in [9.17, 15) is 5.11 Å². The van der Waals surface area contributed by atoms with Gasteiger partial charge in [-0.1, -0.05) is 18.2 Å². The number of ether oxygens (including phenoxy) is 1. The summed E-state index contributed by atoms with van der Waals surface area (Å²) in [6.45, 7) is 6.16. The molecule has 8 heteroatoms. The van der Waals surface area contributed by atoms with Gasteiger partial charge in [-0.2, -0.15) is 0 Å². The van der Waals surface area contributed by atoms with Gasteiger partial charge in [0, 0.05) is 38.3 Å². The highest BCUT2D eigenvalue weighted by molar-refractivity contribution is 6.27. The third-order valence-electron chi connectivity index (χ3n) is 3.59. The lowest BCUT2D eigenvalue weighted by Gasteiger charge is -2.32. The Morgan fingerprint density at radius 2 is 1.67 bits per heavy atom. The lowest BCUT2D eigenvalue weighted by atomic mass is 10.2. The number of aliphatic hydroxyl groups is 1. The first kappa shape index (κ1) is 19.9. The van der Waals surface area contributed by atoms with E-state index in [0.717, 1.165) is 44.0 Å². The summed E-state index contributed by atoms with van der Waals surface area (Å²) >= 11 is 0. The van der Waals surface area contributed by atoms with Crippen LogP contribution in [0.3, 0.4) is 0 Å². The highest BCUT2D eigenvalue weighted by atomic mass is 16.5. The maximum absolute atomic E-state index is 9.20. The summed E-state index contributed by atoms with van der Waals surface area (Å²) in [5, 5.41) is 24.0. The summed E-state index contributed by atoms with van der Waals surface area (Å²) in [6, 6.07) is 7.66. The lowest BCUT2D eigenvalue weighted by Crippen LogP contribution is -2.45. The molecule has 1 heterocycles. The van der Waals surface area contributed by atoms with E-state index < -0.39 is 11.9 Å². The molecule has 134 valence electrons. The zero-order valence-corrected chi connectivity index (χ0v) is 13.7. The van der Waals surface area contributed by atoms with Crippen LogP contribution in [0, 0.1) is 0 Å². The van der Waals surface area contributed by atoms with Crippen LogP contribution in [0.2, 0.25) is 0 Å². The molecule has 0 spiro atoms. The molecule has 1 aliphatic rings. The number of aliphatic hydroxyl groups excluding tert-OH is 1. The van der Waals surface area contributed by atoms with Gasteiger partial charge in [0.15, 0.2) is 0 Å². The molecule has 0 aromatic heterocycles. The van der Waals surface area contributed by atoms with Gasteiger partial charge in [0.25, 0.3) is 0 Å². The van der Waals surface area contributed by atoms with Crippen LogP contribution in [0.15, 0.2) is 24.3 Å². The Labute approximate surface area is 140 Å². The first-order valence-corrected chi connectivity index (χ1v) is 7.62. The van der Waals surface area contributed by atoms with Crippen molar-refractivity contribution in [1.29, 1.82) is 0 Å². The Morgan fingerprint density at radius 3 is 2.21 bits per heavy atom. The fraction of sp³-hybridized carbons (Fsp3) is 0.500. The normalized spacial score (nSPS) is 15.2. The van der Waals surface area contributed by atoms with E-state index in [-0.39, 0.29) is 6.61 Å². The standard InChI is InChI=1S/C14H22N2O2.C2H2O4/c1-15-6-8-16(9-7-15)10-11-18-14-5-3-2-4-13(14)12-17;3-1(4)2(5)6/h2-5,17H,6-12H2,1H3;(H,3,4)(H,5,6). The largest absolute Gasteiger partial charge is 0.492 e. The summed E-state index contributed by atoms with van der Waals surface area (Å²) in [4.78, 5) is 23.0. The lowest BCUT2D eigenvalue weighted by molar-refractivity contribution is -0.159. The third kappa shape index (κ3) is 7.40. The monoisotopic (exact) mass is 340 g/mol. The third-order valence-corrected chi connectivity index (χ3v) is 3.59. The summed E-state index contributed by atoms with van der Waals surface area (Å²) in [6.07, 6.45) is 0. The topological polar surface area (TPSA) is 111 Å². The van der Waals surface area contributed by atoms with Gasteiger partial charge in [-0.05, 0) is 13.1 Å². The molecule has 3 N–H and O–H groups in total. The van der Waals surface area contributed by atoms with Crippen molar-refractivity contribution >= 4 is 11.9 Å². The zero-order valence-electron chi connectivity index (χ0n) is 13.7. The molecule has 1 aliphatic heterocycles. The predicted octanol–water partition coefficient (Wildman–Crippen LogP) is -0.0393. The van der Waals surface area contributed by atoms with E-state index in [0.29, 0.717) is 6.61 Å². The first-order chi connectivity index (χ1) is 11.4. The fourth-order valence-electron chi connectivity index (χ4n) is 2.13. The van der Waals surface area contributed by atoms with Crippen LogP contribution in [-0.4, -0.2) is 83.4 Å². The van der Waals surface area contributed by atoms with Crippen LogP contribution in [0.5, 0.6) is 5.75 Å². The second-order valence-electron chi connectivity index (χ2n) is 5.37. The van der Waals surface area contributed by atoms with Crippen molar-refractivity contribution in [2.45, 2.75) is 6.61 Å². The molecule has 0 bridgehead atoms. The van der Waals surface area contributed by atoms with Gasteiger partial charge >= 0.3 is 11.9 Å². The second-order valence-corrected chi connectivity index (χ2v) is 5.37. The Hall–Kier alpha value is -2.16. The van der Waals surface area contributed by atoms with Gasteiger partial charge in [0.05, 0.1) is 6.61 Å². The Kier molecular flexibility index (Phi) is 8.77. The molecule has 1 aromatic rings. The van der Waals surface area contributed by atoms with Crippen LogP contribution in [0.1, 0.15) is 5.56 Å². The molecule has 2 rings (SSSR count). The van der Waals surface area contributed by atoms with Crippen molar-refractivity contribution in [2.24, 2.45) is 0 Å². The van der Waals surface area contributed by atoms with E-state index >= 15 is 0 Å². The molecule has 0 radical (unpaired) electrons. The average Bonchev–Trinajstić information content (AvgIpc) is 2.57. The minimum atomic E-state index is -1.82. The van der Waals surface area contributed by atoms with Crippen molar-refractivity contribution in [1.82, 2.24) is 9.80 Å². The minimum absolute atomic E-state index is 0.0324. The minimum Gasteiger partial charge on any atom is -0.492 e. The van der Waals surface area contributed by atoms with E-state index in [1.165, 1.54) is 0 Å². The Morgan fingerprint density at radius 1 is 1.08 bits per heavy atom. The van der Waals surface area contributed by atoms with Crippen LogP contribution in [0.4, 0.5) is 0 Å². The molecule has 1 fully saturated rings. The average molecular weight is 340 g/mol. The molecule has 0 saturated carbocycles. The summed E-state index contributed by atoms with van der Waals surface area (Å²) < 4.78 is 5.74. The number of para-hydroxylation sites is 1. The highest BCUT2D eigenvalue weighted by Gasteiger charge is 2.13. The SMILES string of the molecule is CN1CCN(CCOc2ccccc2CO)CC1.O=C(O)C(=O)O. The second kappa shape index (κ2) is 10.6. The van der Waals surface area contributed by atoms with Crippen LogP contribution in [-0.2, 0) is 16.2 Å². The van der Waals surface area contributed by atoms with Gasteiger partial charge < -0.3 is 25.0 Å². The van der Waals surface area contributed by atoms with E-state index in [1.807, 2.05) is 24.3 Å². The maximum Gasteiger partial charge on any atom is 0.414 e. The molecular formula is C16H24N2O6. The molecule has 0 unspecified atom stereocenters. The van der Waals surface area contributed by atoms with Crippen LogP contribution in [0.25, 0.3) is 0 Å². The maximum atomic E-state index is 9.20. The quantitative estimate of drug-likeness (QED) is 0.641. The van der Waals surface area contributed by atoms with Crippen LogP contribution >= 0.6 is 0 Å². The number of carbonyl (C=O) groups is 2. The number of carboxylic acid groups (broad SMARTS) is 2.